The summed E-state index contributed by atoms with van der Waals surface area (Å²) < 4.78 is 72.7. The number of hydrogen-bond acceptors (Lipinski definition) is 5. The van der Waals surface area contributed by atoms with E-state index in [0.717, 1.165) is 16.1 Å². The van der Waals surface area contributed by atoms with E-state index in [9.17, 15) is 26.4 Å². The highest BCUT2D eigenvalue weighted by Gasteiger charge is 2.40. The third kappa shape index (κ3) is 3.72. The first kappa shape index (κ1) is 22.4. The summed E-state index contributed by atoms with van der Waals surface area (Å²) in [5.74, 6) is -0.188. The molecule has 2 aliphatic rings. The van der Waals surface area contributed by atoms with Crippen LogP contribution in [0.3, 0.4) is 0 Å². The van der Waals surface area contributed by atoms with Crippen LogP contribution in [0.25, 0.3) is 11.1 Å². The minimum absolute atomic E-state index is 0.0127. The molecule has 12 heteroatoms. The van der Waals surface area contributed by atoms with Crippen LogP contribution in [0.4, 0.5) is 13.2 Å². The monoisotopic (exact) mass is 492 g/mol. The topological polar surface area (TPSA) is 93.5 Å². The zero-order chi connectivity index (χ0) is 24.2. The quantitative estimate of drug-likeness (QED) is 0.571. The fourth-order valence-electron chi connectivity index (χ4n) is 4.05. The van der Waals surface area contributed by atoms with Crippen molar-refractivity contribution in [1.29, 1.82) is 0 Å². The first-order chi connectivity index (χ1) is 16.1. The van der Waals surface area contributed by atoms with E-state index in [1.165, 1.54) is 19.1 Å². The molecule has 0 bridgehead atoms. The number of hydrogen-bond donors (Lipinski definition) is 1. The molecule has 1 N–H and O–H groups in total. The smallest absolute Gasteiger partial charge is 0.333 e. The molecule has 0 spiro atoms. The second-order valence-corrected chi connectivity index (χ2v) is 9.98. The molecule has 3 aromatic rings. The number of amides is 1. The van der Waals surface area contributed by atoms with Gasteiger partial charge in [-0.3, -0.25) is 4.79 Å². The van der Waals surface area contributed by atoms with Crippen LogP contribution in [-0.2, 0) is 16.6 Å². The zero-order valence-electron chi connectivity index (χ0n) is 17.8. The van der Waals surface area contributed by atoms with E-state index in [1.807, 2.05) is 0 Å². The molecule has 3 heterocycles. The Hall–Kier alpha value is -3.38. The van der Waals surface area contributed by atoms with E-state index in [4.69, 9.17) is 4.74 Å². The second kappa shape index (κ2) is 8.13. The lowest BCUT2D eigenvalue weighted by atomic mass is 9.98. The normalized spacial score (nSPS) is 16.4. The highest BCUT2D eigenvalue weighted by atomic mass is 32.2. The van der Waals surface area contributed by atoms with Gasteiger partial charge < -0.3 is 10.1 Å². The number of rotatable bonds is 6. The van der Waals surface area contributed by atoms with Gasteiger partial charge in [-0.1, -0.05) is 12.1 Å². The molecular weight excluding hydrogens is 473 g/mol. The summed E-state index contributed by atoms with van der Waals surface area (Å²) in [6.07, 6.45) is 0.421. The summed E-state index contributed by atoms with van der Waals surface area (Å²) >= 11 is 0. The number of carbonyl (C=O) groups is 1. The molecule has 8 nitrogen and oxygen atoms in total. The average molecular weight is 492 g/mol. The molecule has 1 fully saturated rings. The molecule has 178 valence electrons. The van der Waals surface area contributed by atoms with Crippen LogP contribution in [0.1, 0.15) is 28.2 Å². The Morgan fingerprint density at radius 2 is 1.85 bits per heavy atom. The Kier molecular flexibility index (Phi) is 5.36. The van der Waals surface area contributed by atoms with Crippen LogP contribution >= 0.6 is 0 Å². The maximum Gasteiger partial charge on any atom is 0.333 e. The van der Waals surface area contributed by atoms with Crippen LogP contribution in [0, 0.1) is 12.7 Å². The maximum atomic E-state index is 13.4. The minimum atomic E-state index is -4.01. The Bertz CT molecular complexity index is 1380. The van der Waals surface area contributed by atoms with Crippen LogP contribution in [0.5, 0.6) is 5.75 Å². The van der Waals surface area contributed by atoms with E-state index in [-0.39, 0.29) is 29.6 Å². The number of nitrogens with zero attached hydrogens (tertiary/aromatic N) is 3. The number of benzene rings is 2. The molecule has 1 amide bonds. The molecule has 0 saturated carbocycles. The Balaban J connectivity index is 1.38. The zero-order valence-corrected chi connectivity index (χ0v) is 18.7. The van der Waals surface area contributed by atoms with E-state index in [2.05, 4.69) is 10.4 Å². The first-order valence-electron chi connectivity index (χ1n) is 10.4. The van der Waals surface area contributed by atoms with Crippen molar-refractivity contribution < 1.29 is 31.1 Å². The van der Waals surface area contributed by atoms with Crippen molar-refractivity contribution in [1.82, 2.24) is 19.4 Å². The van der Waals surface area contributed by atoms with Crippen LogP contribution < -0.4 is 10.1 Å². The van der Waals surface area contributed by atoms with E-state index < -0.39 is 28.5 Å². The summed E-state index contributed by atoms with van der Waals surface area (Å²) in [5.41, 5.74) is 2.30. The molecule has 0 radical (unpaired) electrons. The molecule has 1 aromatic heterocycles. The minimum Gasteiger partial charge on any atom is -0.487 e. The predicted octanol–water partition coefficient (Wildman–Crippen LogP) is 3.09. The van der Waals surface area contributed by atoms with Crippen LogP contribution in [0.2, 0.25) is 0 Å². The number of aromatic nitrogens is 2. The van der Waals surface area contributed by atoms with Gasteiger partial charge in [-0.25, -0.2) is 17.5 Å². The fourth-order valence-corrected chi connectivity index (χ4v) is 5.70. The van der Waals surface area contributed by atoms with Crippen molar-refractivity contribution >= 4 is 15.9 Å². The lowest BCUT2D eigenvalue weighted by molar-refractivity contribution is 0.0540. The summed E-state index contributed by atoms with van der Waals surface area (Å²) in [6.45, 7) is -1.30. The van der Waals surface area contributed by atoms with Crippen molar-refractivity contribution in [2.45, 2.75) is 31.0 Å². The Morgan fingerprint density at radius 1 is 1.15 bits per heavy atom. The molecule has 0 atom stereocenters. The van der Waals surface area contributed by atoms with Crippen molar-refractivity contribution in [3.05, 3.63) is 65.2 Å². The van der Waals surface area contributed by atoms with Gasteiger partial charge in [0.15, 0.2) is 0 Å². The van der Waals surface area contributed by atoms with E-state index >= 15 is 0 Å². The van der Waals surface area contributed by atoms with Crippen molar-refractivity contribution in [2.24, 2.45) is 0 Å². The largest absolute Gasteiger partial charge is 0.487 e. The number of halogens is 3. The van der Waals surface area contributed by atoms with Gasteiger partial charge >= 0.3 is 6.55 Å². The van der Waals surface area contributed by atoms with Crippen LogP contribution in [0.15, 0.2) is 47.5 Å². The van der Waals surface area contributed by atoms with Gasteiger partial charge in [-0.05, 0) is 42.3 Å². The van der Waals surface area contributed by atoms with E-state index in [0.29, 0.717) is 33.7 Å². The van der Waals surface area contributed by atoms with Crippen molar-refractivity contribution in [3.8, 4) is 16.9 Å². The number of nitrogens with one attached hydrogen (secondary N) is 1. The summed E-state index contributed by atoms with van der Waals surface area (Å²) in [7, 11) is -4.01. The maximum absolute atomic E-state index is 13.4. The highest BCUT2D eigenvalue weighted by Crippen LogP contribution is 2.37. The molecule has 2 aliphatic heterocycles. The molecule has 1 saturated heterocycles. The molecule has 0 aliphatic carbocycles. The number of carbonyl (C=O) groups excluding carboxylic acids is 1. The first-order valence-corrected chi connectivity index (χ1v) is 11.8. The highest BCUT2D eigenvalue weighted by molar-refractivity contribution is 7.89. The van der Waals surface area contributed by atoms with E-state index in [1.54, 1.807) is 24.3 Å². The second-order valence-electron chi connectivity index (χ2n) is 8.07. The van der Waals surface area contributed by atoms with Gasteiger partial charge in [0.2, 0.25) is 10.0 Å². The third-order valence-electron chi connectivity index (χ3n) is 5.96. The summed E-state index contributed by atoms with van der Waals surface area (Å²) in [4.78, 5) is 11.8. The van der Waals surface area contributed by atoms with Crippen molar-refractivity contribution in [2.75, 3.05) is 13.1 Å². The molecule has 34 heavy (non-hydrogen) atoms. The molecule has 5 rings (SSSR count). The van der Waals surface area contributed by atoms with Gasteiger partial charge in [0.25, 0.3) is 5.91 Å². The van der Waals surface area contributed by atoms with Gasteiger partial charge in [0.05, 0.1) is 25.0 Å². The third-order valence-corrected chi connectivity index (χ3v) is 7.89. The Morgan fingerprint density at radius 3 is 2.50 bits per heavy atom. The lowest BCUT2D eigenvalue weighted by Gasteiger charge is -2.38. The number of fused-ring (bicyclic) bond motifs is 1. The van der Waals surface area contributed by atoms with Crippen LogP contribution in [-0.4, -0.2) is 47.6 Å². The number of sulfonamides is 1. The lowest BCUT2D eigenvalue weighted by Crippen LogP contribution is -2.56. The fraction of sp³-hybridized carbons (Fsp3) is 0.273. The molecule has 0 unspecified atom stereocenters. The number of ether oxygens (including phenoxy) is 1. The van der Waals surface area contributed by atoms with Gasteiger partial charge in [-0.15, -0.1) is 0 Å². The number of alkyl halides is 2. The van der Waals surface area contributed by atoms with Gasteiger partial charge in [-0.2, -0.15) is 18.2 Å². The molecular formula is C22H19F3N4O4S. The summed E-state index contributed by atoms with van der Waals surface area (Å²) in [6, 6.07) is 9.13. The van der Waals surface area contributed by atoms with Gasteiger partial charge in [0, 0.05) is 17.7 Å². The predicted molar refractivity (Wildman–Crippen MR) is 114 cm³/mol. The standard InChI is InChI=1S/C22H19F3N4O4S/c1-12-20(9-27-29(12)22(24)25)34(31,32)28-10-16(11-28)33-19-6-14-8-26-21(30)18(14)7-17(19)13-2-4-15(23)5-3-13/h2-7,9,16,22H,8,10-11H2,1H3,(H,26,30). The average Bonchev–Trinajstić information content (AvgIpc) is 3.33. The Labute approximate surface area is 193 Å². The summed E-state index contributed by atoms with van der Waals surface area (Å²) in [5, 5.41) is 6.21. The SMILES string of the molecule is Cc1c(S(=O)(=O)N2CC(Oc3cc4c(cc3-c3ccc(F)cc3)C(=O)NC4)C2)cnn1C(F)F. The van der Waals surface area contributed by atoms with Crippen molar-refractivity contribution in [3.63, 3.8) is 0 Å². The molecule has 2 aromatic carbocycles. The van der Waals surface area contributed by atoms with Gasteiger partial charge in [0.1, 0.15) is 22.6 Å².